The molecule has 1 N–H and O–H groups in total. The van der Waals surface area contributed by atoms with E-state index in [1.54, 1.807) is 0 Å². The van der Waals surface area contributed by atoms with Gasteiger partial charge in [0.15, 0.2) is 0 Å². The Balaban J connectivity index is 2.25. The van der Waals surface area contributed by atoms with E-state index in [9.17, 15) is 0 Å². The fourth-order valence-electron chi connectivity index (χ4n) is 1.55. The third kappa shape index (κ3) is 1.75. The lowest BCUT2D eigenvalue weighted by molar-refractivity contribution is 0.349. The Morgan fingerprint density at radius 3 is 2.30 bits per heavy atom. The molecule has 0 aromatic rings. The summed E-state index contributed by atoms with van der Waals surface area (Å²) < 4.78 is 0. The predicted molar refractivity (Wildman–Crippen MR) is 43.6 cm³/mol. The van der Waals surface area contributed by atoms with E-state index < -0.39 is 0 Å². The summed E-state index contributed by atoms with van der Waals surface area (Å²) in [7, 11) is 2.03. The molecule has 10 heavy (non-hydrogen) atoms. The molecule has 1 aliphatic rings. The van der Waals surface area contributed by atoms with Crippen LogP contribution in [-0.4, -0.2) is 13.1 Å². The van der Waals surface area contributed by atoms with Crippen molar-refractivity contribution in [2.45, 2.75) is 31.7 Å². The lowest BCUT2D eigenvalue weighted by Gasteiger charge is -2.24. The quantitative estimate of drug-likeness (QED) is 0.539. The van der Waals surface area contributed by atoms with Gasteiger partial charge in [-0.15, -0.1) is 12.3 Å². The van der Waals surface area contributed by atoms with E-state index in [4.69, 9.17) is 6.42 Å². The fourth-order valence-corrected chi connectivity index (χ4v) is 1.55. The first-order chi connectivity index (χ1) is 4.86. The molecular weight excluding hydrogens is 122 g/mol. The van der Waals surface area contributed by atoms with Gasteiger partial charge in [-0.05, 0) is 32.7 Å². The minimum Gasteiger partial charge on any atom is -0.317 e. The monoisotopic (exact) mass is 137 g/mol. The van der Waals surface area contributed by atoms with Crippen LogP contribution < -0.4 is 5.32 Å². The van der Waals surface area contributed by atoms with Crippen molar-refractivity contribution in [2.24, 2.45) is 5.92 Å². The highest BCUT2D eigenvalue weighted by Crippen LogP contribution is 2.22. The van der Waals surface area contributed by atoms with Crippen LogP contribution in [0.1, 0.15) is 25.7 Å². The molecule has 1 fully saturated rings. The van der Waals surface area contributed by atoms with Crippen LogP contribution in [0.5, 0.6) is 0 Å². The first kappa shape index (κ1) is 7.63. The largest absolute Gasteiger partial charge is 0.317 e. The highest BCUT2D eigenvalue weighted by molar-refractivity contribution is 4.95. The molecule has 0 unspecified atom stereocenters. The molecule has 0 amide bonds. The molecule has 0 aliphatic heterocycles. The van der Waals surface area contributed by atoms with Crippen LogP contribution >= 0.6 is 0 Å². The molecule has 0 aromatic heterocycles. The average Bonchev–Trinajstić information content (AvgIpc) is 2.05. The van der Waals surface area contributed by atoms with Crippen LogP contribution in [0.2, 0.25) is 0 Å². The van der Waals surface area contributed by atoms with Crippen LogP contribution in [0.25, 0.3) is 0 Å². The Hall–Kier alpha value is -0.480. The van der Waals surface area contributed by atoms with Gasteiger partial charge in [0.1, 0.15) is 0 Å². The zero-order valence-corrected chi connectivity index (χ0v) is 6.56. The van der Waals surface area contributed by atoms with Crippen LogP contribution in [0.3, 0.4) is 0 Å². The molecule has 1 aliphatic carbocycles. The van der Waals surface area contributed by atoms with Crippen LogP contribution in [0.4, 0.5) is 0 Å². The molecule has 0 bridgehead atoms. The first-order valence-corrected chi connectivity index (χ1v) is 4.00. The van der Waals surface area contributed by atoms with E-state index in [2.05, 4.69) is 11.2 Å². The highest BCUT2D eigenvalue weighted by Gasteiger charge is 2.17. The Kier molecular flexibility index (Phi) is 2.77. The molecule has 56 valence electrons. The smallest absolute Gasteiger partial charge is 0.0201 e. The van der Waals surface area contributed by atoms with Crippen LogP contribution in [0, 0.1) is 18.3 Å². The summed E-state index contributed by atoms with van der Waals surface area (Å²) in [5, 5.41) is 3.28. The number of terminal acetylenes is 1. The third-order valence-corrected chi connectivity index (χ3v) is 2.37. The zero-order chi connectivity index (χ0) is 7.40. The maximum atomic E-state index is 5.32. The summed E-state index contributed by atoms with van der Waals surface area (Å²) in [6, 6.07) is 0.726. The van der Waals surface area contributed by atoms with E-state index in [-0.39, 0.29) is 0 Å². The summed E-state index contributed by atoms with van der Waals surface area (Å²) in [6.07, 6.45) is 10.3. The van der Waals surface area contributed by atoms with Gasteiger partial charge in [0.25, 0.3) is 0 Å². The summed E-state index contributed by atoms with van der Waals surface area (Å²) in [4.78, 5) is 0. The standard InChI is InChI=1S/C9H15N/c1-3-8-4-6-9(10-2)7-5-8/h1,8-10H,4-7H2,2H3. The van der Waals surface area contributed by atoms with Crippen LogP contribution in [-0.2, 0) is 0 Å². The second kappa shape index (κ2) is 3.63. The third-order valence-electron chi connectivity index (χ3n) is 2.37. The number of rotatable bonds is 1. The van der Waals surface area contributed by atoms with E-state index >= 15 is 0 Å². The van der Waals surface area contributed by atoms with Crippen molar-refractivity contribution in [1.29, 1.82) is 0 Å². The molecule has 0 atom stereocenters. The number of nitrogens with one attached hydrogen (secondary N) is 1. The van der Waals surface area contributed by atoms with Gasteiger partial charge in [-0.1, -0.05) is 0 Å². The maximum absolute atomic E-state index is 5.32. The van der Waals surface area contributed by atoms with Gasteiger partial charge < -0.3 is 5.32 Å². The molecule has 1 rings (SSSR count). The zero-order valence-electron chi connectivity index (χ0n) is 6.56. The van der Waals surface area contributed by atoms with Gasteiger partial charge >= 0.3 is 0 Å². The van der Waals surface area contributed by atoms with Crippen molar-refractivity contribution in [1.82, 2.24) is 5.32 Å². The lowest BCUT2D eigenvalue weighted by Crippen LogP contribution is -2.29. The van der Waals surface area contributed by atoms with Gasteiger partial charge in [-0.2, -0.15) is 0 Å². The molecule has 0 spiro atoms. The molecule has 1 nitrogen and oxygen atoms in total. The Morgan fingerprint density at radius 1 is 1.30 bits per heavy atom. The Morgan fingerprint density at radius 2 is 1.90 bits per heavy atom. The van der Waals surface area contributed by atoms with Gasteiger partial charge in [0.05, 0.1) is 0 Å². The van der Waals surface area contributed by atoms with E-state index in [0.717, 1.165) is 6.04 Å². The summed E-state index contributed by atoms with van der Waals surface area (Å²) in [5.41, 5.74) is 0. The second-order valence-corrected chi connectivity index (χ2v) is 3.00. The van der Waals surface area contributed by atoms with Gasteiger partial charge in [0.2, 0.25) is 0 Å². The van der Waals surface area contributed by atoms with Gasteiger partial charge in [0, 0.05) is 12.0 Å². The normalized spacial score (nSPS) is 33.2. The maximum Gasteiger partial charge on any atom is 0.0201 e. The van der Waals surface area contributed by atoms with Crippen molar-refractivity contribution >= 4 is 0 Å². The molecule has 0 saturated heterocycles. The minimum atomic E-state index is 0.560. The first-order valence-electron chi connectivity index (χ1n) is 4.00. The summed E-state index contributed by atoms with van der Waals surface area (Å²) in [6.45, 7) is 0. The fraction of sp³-hybridized carbons (Fsp3) is 0.778. The van der Waals surface area contributed by atoms with Crippen molar-refractivity contribution in [3.05, 3.63) is 0 Å². The summed E-state index contributed by atoms with van der Waals surface area (Å²) >= 11 is 0. The molecular formula is C9H15N. The predicted octanol–water partition coefficient (Wildman–Crippen LogP) is 1.40. The SMILES string of the molecule is C#CC1CCC(NC)CC1. The van der Waals surface area contributed by atoms with E-state index in [1.165, 1.54) is 25.7 Å². The minimum absolute atomic E-state index is 0.560. The second-order valence-electron chi connectivity index (χ2n) is 3.00. The molecule has 1 heteroatoms. The molecule has 0 radical (unpaired) electrons. The van der Waals surface area contributed by atoms with Crippen molar-refractivity contribution in [2.75, 3.05) is 7.05 Å². The number of hydrogen-bond acceptors (Lipinski definition) is 1. The summed E-state index contributed by atoms with van der Waals surface area (Å²) in [5.74, 6) is 3.38. The van der Waals surface area contributed by atoms with Gasteiger partial charge in [-0.3, -0.25) is 0 Å². The van der Waals surface area contributed by atoms with Crippen LogP contribution in [0.15, 0.2) is 0 Å². The average molecular weight is 137 g/mol. The highest BCUT2D eigenvalue weighted by atomic mass is 14.9. The Bertz CT molecular complexity index is 126. The van der Waals surface area contributed by atoms with E-state index in [1.807, 2.05) is 7.05 Å². The van der Waals surface area contributed by atoms with Crippen molar-refractivity contribution in [3.8, 4) is 12.3 Å². The molecule has 0 aromatic carbocycles. The van der Waals surface area contributed by atoms with Crippen molar-refractivity contribution in [3.63, 3.8) is 0 Å². The number of hydrogen-bond donors (Lipinski definition) is 1. The Labute approximate surface area is 63.2 Å². The molecule has 0 heterocycles. The van der Waals surface area contributed by atoms with Gasteiger partial charge in [-0.25, -0.2) is 0 Å². The van der Waals surface area contributed by atoms with E-state index in [0.29, 0.717) is 5.92 Å². The topological polar surface area (TPSA) is 12.0 Å². The lowest BCUT2D eigenvalue weighted by atomic mass is 9.87. The van der Waals surface area contributed by atoms with Crippen molar-refractivity contribution < 1.29 is 0 Å². The molecule has 1 saturated carbocycles.